The van der Waals surface area contributed by atoms with Crippen LogP contribution in [0.3, 0.4) is 0 Å². The third-order valence-corrected chi connectivity index (χ3v) is 6.21. The largest absolute Gasteiger partial charge is 0.327 e. The van der Waals surface area contributed by atoms with Gasteiger partial charge in [-0.2, -0.15) is 0 Å². The van der Waals surface area contributed by atoms with Crippen LogP contribution in [0.2, 0.25) is 0 Å². The molecule has 1 atom stereocenters. The Bertz CT molecular complexity index is 1470. The van der Waals surface area contributed by atoms with Crippen LogP contribution in [-0.4, -0.2) is 34.9 Å². The lowest BCUT2D eigenvalue weighted by Crippen LogP contribution is -2.32. The van der Waals surface area contributed by atoms with Crippen LogP contribution in [0.1, 0.15) is 0 Å². The van der Waals surface area contributed by atoms with E-state index in [2.05, 4.69) is 65.9 Å². The highest BCUT2D eigenvalue weighted by Crippen LogP contribution is 2.35. The molecule has 0 saturated heterocycles. The zero-order valence-corrected chi connectivity index (χ0v) is 17.8. The zero-order chi connectivity index (χ0) is 20.8. The topological polar surface area (TPSA) is 64.7 Å². The summed E-state index contributed by atoms with van der Waals surface area (Å²) in [5, 5.41) is 17.5. The molecule has 0 spiro atoms. The van der Waals surface area contributed by atoms with Gasteiger partial charge >= 0.3 is 0 Å². The van der Waals surface area contributed by atoms with E-state index >= 15 is 0 Å². The van der Waals surface area contributed by atoms with Gasteiger partial charge in [-0.05, 0) is 42.5 Å². The van der Waals surface area contributed by atoms with Gasteiger partial charge in [-0.15, -0.1) is 10.2 Å². The number of para-hydroxylation sites is 3. The van der Waals surface area contributed by atoms with E-state index in [4.69, 9.17) is 0 Å². The second-order valence-electron chi connectivity index (χ2n) is 7.18. The van der Waals surface area contributed by atoms with Gasteiger partial charge in [-0.3, -0.25) is 0 Å². The minimum absolute atomic E-state index is 0.154. The Kier molecular flexibility index (Phi) is 4.17. The van der Waals surface area contributed by atoms with Crippen LogP contribution in [-0.2, 0) is 0 Å². The Morgan fingerprint density at radius 3 is 1.97 bits per heavy atom. The molecule has 7 nitrogen and oxygen atoms in total. The van der Waals surface area contributed by atoms with E-state index in [0.29, 0.717) is 0 Å². The van der Waals surface area contributed by atoms with Crippen LogP contribution in [0.15, 0.2) is 91.1 Å². The number of fused-ring (bicyclic) bond motifs is 2. The molecule has 0 bridgehead atoms. The first-order valence-corrected chi connectivity index (χ1v) is 10.7. The maximum absolute atomic E-state index is 4.44. The molecule has 0 fully saturated rings. The first-order chi connectivity index (χ1) is 15.3. The number of hydrogen-bond acceptors (Lipinski definition) is 5. The molecule has 3 heterocycles. The monoisotopic (exact) mass is 469 g/mol. The number of aromatic nitrogens is 6. The summed E-state index contributed by atoms with van der Waals surface area (Å²) in [5.74, 6) is 0. The molecule has 0 radical (unpaired) electrons. The van der Waals surface area contributed by atoms with Crippen LogP contribution < -0.4 is 4.90 Å². The van der Waals surface area contributed by atoms with Crippen molar-refractivity contribution in [1.82, 2.24) is 30.0 Å². The fourth-order valence-corrected chi connectivity index (χ4v) is 4.49. The summed E-state index contributed by atoms with van der Waals surface area (Å²) < 4.78 is 3.72. The summed E-state index contributed by atoms with van der Waals surface area (Å²) >= 11 is 3.88. The van der Waals surface area contributed by atoms with Crippen molar-refractivity contribution in [3.05, 3.63) is 91.1 Å². The predicted molar refractivity (Wildman–Crippen MR) is 125 cm³/mol. The number of allylic oxidation sites excluding steroid dienone is 2. The fraction of sp³-hybridized carbons (Fsp3) is 0.0435. The summed E-state index contributed by atoms with van der Waals surface area (Å²) in [6.45, 7) is 0. The Labute approximate surface area is 186 Å². The van der Waals surface area contributed by atoms with E-state index in [9.17, 15) is 0 Å². The Balaban J connectivity index is 1.57. The van der Waals surface area contributed by atoms with E-state index in [1.165, 1.54) is 0 Å². The van der Waals surface area contributed by atoms with E-state index in [-0.39, 0.29) is 4.95 Å². The number of hydrogen-bond donors (Lipinski definition) is 0. The first-order valence-electron chi connectivity index (χ1n) is 9.82. The highest BCUT2D eigenvalue weighted by atomic mass is 79.9. The number of alkyl halides is 1. The Morgan fingerprint density at radius 2 is 1.26 bits per heavy atom. The van der Waals surface area contributed by atoms with Crippen molar-refractivity contribution >= 4 is 55.1 Å². The van der Waals surface area contributed by atoms with Crippen molar-refractivity contribution in [2.24, 2.45) is 0 Å². The van der Waals surface area contributed by atoms with Gasteiger partial charge in [0.1, 0.15) is 16.0 Å². The SMILES string of the molecule is BrC1C(n2nnc3ccccc32)=CC(n2nnc3ccccc32)=CN1c1ccccc1. The lowest BCUT2D eigenvalue weighted by atomic mass is 10.2. The summed E-state index contributed by atoms with van der Waals surface area (Å²) in [4.78, 5) is 2.00. The van der Waals surface area contributed by atoms with Crippen LogP contribution in [0, 0.1) is 0 Å². The van der Waals surface area contributed by atoms with Gasteiger partial charge in [0.15, 0.2) is 0 Å². The Morgan fingerprint density at radius 1 is 0.677 bits per heavy atom. The number of rotatable bonds is 3. The zero-order valence-electron chi connectivity index (χ0n) is 16.2. The molecule has 31 heavy (non-hydrogen) atoms. The molecule has 0 N–H and O–H groups in total. The van der Waals surface area contributed by atoms with Crippen molar-refractivity contribution < 1.29 is 0 Å². The second-order valence-corrected chi connectivity index (χ2v) is 8.05. The lowest BCUT2D eigenvalue weighted by molar-refractivity contribution is 0.793. The van der Waals surface area contributed by atoms with Crippen LogP contribution in [0.5, 0.6) is 0 Å². The fourth-order valence-electron chi connectivity index (χ4n) is 3.81. The predicted octanol–water partition coefficient (Wildman–Crippen LogP) is 4.76. The molecule has 2 aromatic heterocycles. The molecule has 3 aromatic carbocycles. The summed E-state index contributed by atoms with van der Waals surface area (Å²) in [5.41, 5.74) is 6.41. The lowest BCUT2D eigenvalue weighted by Gasteiger charge is -2.32. The smallest absolute Gasteiger partial charge is 0.131 e. The molecule has 150 valence electrons. The number of benzene rings is 3. The van der Waals surface area contributed by atoms with Crippen molar-refractivity contribution in [2.45, 2.75) is 4.95 Å². The summed E-state index contributed by atoms with van der Waals surface area (Å²) in [7, 11) is 0. The van der Waals surface area contributed by atoms with Crippen molar-refractivity contribution in [3.63, 3.8) is 0 Å². The van der Waals surface area contributed by atoms with E-state index in [1.54, 1.807) is 0 Å². The van der Waals surface area contributed by atoms with Gasteiger partial charge < -0.3 is 4.90 Å². The van der Waals surface area contributed by atoms with E-state index < -0.39 is 0 Å². The maximum atomic E-state index is 4.44. The minimum Gasteiger partial charge on any atom is -0.327 e. The van der Waals surface area contributed by atoms with Gasteiger partial charge in [0.25, 0.3) is 0 Å². The van der Waals surface area contributed by atoms with Crippen LogP contribution >= 0.6 is 15.9 Å². The molecular formula is C23H16BrN7. The van der Waals surface area contributed by atoms with Crippen molar-refractivity contribution in [3.8, 4) is 0 Å². The highest BCUT2D eigenvalue weighted by molar-refractivity contribution is 9.09. The van der Waals surface area contributed by atoms with Gasteiger partial charge in [0.05, 0.1) is 22.4 Å². The highest BCUT2D eigenvalue weighted by Gasteiger charge is 2.28. The molecule has 8 heteroatoms. The maximum Gasteiger partial charge on any atom is 0.131 e. The summed E-state index contributed by atoms with van der Waals surface area (Å²) in [6, 6.07) is 26.1. The Hall–Kier alpha value is -3.78. The average molecular weight is 470 g/mol. The van der Waals surface area contributed by atoms with Gasteiger partial charge in [-0.25, -0.2) is 9.36 Å². The molecule has 0 saturated carbocycles. The number of nitrogens with zero attached hydrogens (tertiary/aromatic N) is 7. The standard InChI is InChI=1S/C23H16BrN7/c24-23-22(31-21-13-7-5-11-19(21)26-28-31)14-17(15-29(23)16-8-2-1-3-9-16)30-20-12-6-4-10-18(20)25-27-30/h1-15,23H. The third kappa shape index (κ3) is 2.95. The molecule has 6 rings (SSSR count). The number of anilines is 1. The van der Waals surface area contributed by atoms with Crippen molar-refractivity contribution in [1.29, 1.82) is 0 Å². The van der Waals surface area contributed by atoms with Crippen molar-refractivity contribution in [2.75, 3.05) is 4.90 Å². The second kappa shape index (κ2) is 7.17. The van der Waals surface area contributed by atoms with E-state index in [1.807, 2.05) is 76.1 Å². The number of halogens is 1. The quantitative estimate of drug-likeness (QED) is 0.281. The molecule has 1 aliphatic heterocycles. The minimum atomic E-state index is -0.154. The van der Waals surface area contributed by atoms with Crippen LogP contribution in [0.4, 0.5) is 5.69 Å². The average Bonchev–Trinajstić information content (AvgIpc) is 3.44. The molecule has 0 amide bonds. The molecule has 0 aliphatic carbocycles. The van der Waals surface area contributed by atoms with E-state index in [0.717, 1.165) is 39.1 Å². The van der Waals surface area contributed by atoms with Crippen LogP contribution in [0.25, 0.3) is 33.5 Å². The molecule has 5 aromatic rings. The van der Waals surface area contributed by atoms with Gasteiger partial charge in [0, 0.05) is 11.9 Å². The van der Waals surface area contributed by atoms with Gasteiger partial charge in [-0.1, -0.05) is 68.8 Å². The normalized spacial score (nSPS) is 16.5. The molecular weight excluding hydrogens is 454 g/mol. The summed E-state index contributed by atoms with van der Waals surface area (Å²) in [6.07, 6.45) is 4.14. The molecule has 1 aliphatic rings. The molecule has 1 unspecified atom stereocenters. The van der Waals surface area contributed by atoms with Gasteiger partial charge in [0.2, 0.25) is 0 Å². The first kappa shape index (κ1) is 18.0. The third-order valence-electron chi connectivity index (χ3n) is 5.30.